The van der Waals surface area contributed by atoms with E-state index in [1.54, 1.807) is 55.6 Å². The van der Waals surface area contributed by atoms with Crippen LogP contribution in [-0.2, 0) is 0 Å². The van der Waals surface area contributed by atoms with Gasteiger partial charge in [0.1, 0.15) is 11.8 Å². The summed E-state index contributed by atoms with van der Waals surface area (Å²) in [6.45, 7) is 2.49. The van der Waals surface area contributed by atoms with Crippen molar-refractivity contribution >= 4 is 11.6 Å². The first-order chi connectivity index (χ1) is 10.2. The summed E-state index contributed by atoms with van der Waals surface area (Å²) in [6, 6.07) is 16.1. The third kappa shape index (κ3) is 3.21. The van der Waals surface area contributed by atoms with Gasteiger partial charge < -0.3 is 9.64 Å². The largest absolute Gasteiger partial charge is 0.494 e. The summed E-state index contributed by atoms with van der Waals surface area (Å²) < 4.78 is 5.35. The molecule has 2 aromatic rings. The Morgan fingerprint density at radius 3 is 2.48 bits per heavy atom. The Kier molecular flexibility index (Phi) is 4.57. The summed E-state index contributed by atoms with van der Waals surface area (Å²) in [5.74, 6) is 0.565. The third-order valence-electron chi connectivity index (χ3n) is 3.10. The lowest BCUT2D eigenvalue weighted by atomic mass is 10.1. The number of benzene rings is 2. The minimum atomic E-state index is -0.166. The first-order valence-electron chi connectivity index (χ1n) is 6.67. The fourth-order valence-electron chi connectivity index (χ4n) is 2.02. The van der Waals surface area contributed by atoms with E-state index >= 15 is 0 Å². The lowest BCUT2D eigenvalue weighted by Gasteiger charge is -2.18. The fraction of sp³-hybridized carbons (Fsp3) is 0.176. The van der Waals surface area contributed by atoms with Crippen LogP contribution in [0.15, 0.2) is 48.5 Å². The number of nitriles is 1. The molecule has 2 rings (SSSR count). The topological polar surface area (TPSA) is 53.3 Å². The SMILES string of the molecule is CCOc1ccc(C(=O)N(C)c2ccccc2C#N)cc1. The van der Waals surface area contributed by atoms with Gasteiger partial charge in [-0.15, -0.1) is 0 Å². The van der Waals surface area contributed by atoms with Gasteiger partial charge in [-0.25, -0.2) is 0 Å². The number of amides is 1. The van der Waals surface area contributed by atoms with Crippen molar-refractivity contribution < 1.29 is 9.53 Å². The van der Waals surface area contributed by atoms with E-state index < -0.39 is 0 Å². The van der Waals surface area contributed by atoms with Crippen LogP contribution < -0.4 is 9.64 Å². The van der Waals surface area contributed by atoms with Gasteiger partial charge in [0.25, 0.3) is 5.91 Å². The molecule has 1 amide bonds. The van der Waals surface area contributed by atoms with Gasteiger partial charge >= 0.3 is 0 Å². The number of para-hydroxylation sites is 1. The summed E-state index contributed by atoms with van der Waals surface area (Å²) in [6.07, 6.45) is 0. The molecule has 0 bridgehead atoms. The first-order valence-corrected chi connectivity index (χ1v) is 6.67. The average Bonchev–Trinajstić information content (AvgIpc) is 2.54. The quantitative estimate of drug-likeness (QED) is 0.864. The van der Waals surface area contributed by atoms with Crippen molar-refractivity contribution in [2.45, 2.75) is 6.92 Å². The standard InChI is InChI=1S/C17H16N2O2/c1-3-21-15-10-8-13(9-11-15)17(20)19(2)16-7-5-4-6-14(16)12-18/h4-11H,3H2,1-2H3. The number of ether oxygens (including phenoxy) is 1. The molecule has 0 unspecified atom stereocenters. The molecule has 0 N–H and O–H groups in total. The highest BCUT2D eigenvalue weighted by Crippen LogP contribution is 2.21. The Labute approximate surface area is 124 Å². The summed E-state index contributed by atoms with van der Waals surface area (Å²) in [7, 11) is 1.66. The highest BCUT2D eigenvalue weighted by Gasteiger charge is 2.16. The Hall–Kier alpha value is -2.80. The van der Waals surface area contributed by atoms with E-state index in [1.807, 2.05) is 6.92 Å². The van der Waals surface area contributed by atoms with Crippen LogP contribution in [0.4, 0.5) is 5.69 Å². The molecule has 106 valence electrons. The van der Waals surface area contributed by atoms with E-state index in [9.17, 15) is 4.79 Å². The van der Waals surface area contributed by atoms with Crippen molar-refractivity contribution in [2.24, 2.45) is 0 Å². The molecule has 0 saturated carbocycles. The highest BCUT2D eigenvalue weighted by atomic mass is 16.5. The highest BCUT2D eigenvalue weighted by molar-refractivity contribution is 6.06. The summed E-state index contributed by atoms with van der Waals surface area (Å²) in [5.41, 5.74) is 1.62. The van der Waals surface area contributed by atoms with E-state index in [4.69, 9.17) is 10.00 Å². The maximum absolute atomic E-state index is 12.5. The van der Waals surface area contributed by atoms with Gasteiger partial charge in [0.2, 0.25) is 0 Å². The molecule has 0 fully saturated rings. The van der Waals surface area contributed by atoms with Crippen LogP contribution >= 0.6 is 0 Å². The number of hydrogen-bond acceptors (Lipinski definition) is 3. The second-order valence-corrected chi connectivity index (χ2v) is 4.45. The molecule has 0 saturated heterocycles. The molecule has 4 nitrogen and oxygen atoms in total. The first kappa shape index (κ1) is 14.6. The second kappa shape index (κ2) is 6.58. The smallest absolute Gasteiger partial charge is 0.258 e. The zero-order valence-corrected chi connectivity index (χ0v) is 12.0. The van der Waals surface area contributed by atoms with Gasteiger partial charge in [-0.05, 0) is 43.3 Å². The molecular formula is C17H16N2O2. The van der Waals surface area contributed by atoms with E-state index in [2.05, 4.69) is 6.07 Å². The van der Waals surface area contributed by atoms with Gasteiger partial charge in [-0.3, -0.25) is 4.79 Å². The van der Waals surface area contributed by atoms with Crippen LogP contribution in [-0.4, -0.2) is 19.6 Å². The molecular weight excluding hydrogens is 264 g/mol. The van der Waals surface area contributed by atoms with Crippen LogP contribution in [0.3, 0.4) is 0 Å². The zero-order valence-electron chi connectivity index (χ0n) is 12.0. The fourth-order valence-corrected chi connectivity index (χ4v) is 2.02. The van der Waals surface area contributed by atoms with Crippen LogP contribution in [0.1, 0.15) is 22.8 Å². The Morgan fingerprint density at radius 1 is 1.19 bits per heavy atom. The molecule has 21 heavy (non-hydrogen) atoms. The molecule has 0 atom stereocenters. The predicted octanol–water partition coefficient (Wildman–Crippen LogP) is 3.23. The molecule has 0 spiro atoms. The molecule has 0 aliphatic heterocycles. The van der Waals surface area contributed by atoms with E-state index in [-0.39, 0.29) is 5.91 Å². The van der Waals surface area contributed by atoms with Gasteiger partial charge in [-0.1, -0.05) is 12.1 Å². The Balaban J connectivity index is 2.25. The van der Waals surface area contributed by atoms with Crippen LogP contribution in [0.25, 0.3) is 0 Å². The second-order valence-electron chi connectivity index (χ2n) is 4.45. The monoisotopic (exact) mass is 280 g/mol. The van der Waals surface area contributed by atoms with Gasteiger partial charge in [0.05, 0.1) is 17.9 Å². The minimum absolute atomic E-state index is 0.166. The number of rotatable bonds is 4. The maximum Gasteiger partial charge on any atom is 0.258 e. The lowest BCUT2D eigenvalue weighted by Crippen LogP contribution is -2.26. The van der Waals surface area contributed by atoms with Crippen LogP contribution in [0.2, 0.25) is 0 Å². The molecule has 0 heterocycles. The van der Waals surface area contributed by atoms with Crippen molar-refractivity contribution in [3.63, 3.8) is 0 Å². The van der Waals surface area contributed by atoms with Crippen LogP contribution in [0, 0.1) is 11.3 Å². The average molecular weight is 280 g/mol. The normalized spacial score (nSPS) is 9.76. The molecule has 0 aliphatic rings. The molecule has 0 radical (unpaired) electrons. The summed E-state index contributed by atoms with van der Waals surface area (Å²) in [5, 5.41) is 9.11. The molecule has 0 aromatic heterocycles. The number of hydrogen-bond donors (Lipinski definition) is 0. The van der Waals surface area contributed by atoms with Crippen molar-refractivity contribution in [2.75, 3.05) is 18.6 Å². The van der Waals surface area contributed by atoms with Gasteiger partial charge in [-0.2, -0.15) is 5.26 Å². The van der Waals surface area contributed by atoms with Crippen molar-refractivity contribution in [3.05, 3.63) is 59.7 Å². The van der Waals surface area contributed by atoms with Crippen molar-refractivity contribution in [1.29, 1.82) is 5.26 Å². The number of anilines is 1. The Morgan fingerprint density at radius 2 is 1.86 bits per heavy atom. The van der Waals surface area contributed by atoms with Crippen LogP contribution in [0.5, 0.6) is 5.75 Å². The van der Waals surface area contributed by atoms with Gasteiger partial charge in [0, 0.05) is 12.6 Å². The third-order valence-corrected chi connectivity index (χ3v) is 3.10. The van der Waals surface area contributed by atoms with Crippen molar-refractivity contribution in [3.8, 4) is 11.8 Å². The number of carbonyl (C=O) groups is 1. The number of nitrogens with zero attached hydrogens (tertiary/aromatic N) is 2. The minimum Gasteiger partial charge on any atom is -0.494 e. The van der Waals surface area contributed by atoms with Gasteiger partial charge in [0.15, 0.2) is 0 Å². The zero-order chi connectivity index (χ0) is 15.2. The van der Waals surface area contributed by atoms with E-state index in [1.165, 1.54) is 4.90 Å². The number of carbonyl (C=O) groups excluding carboxylic acids is 1. The van der Waals surface area contributed by atoms with E-state index in [0.29, 0.717) is 23.4 Å². The lowest BCUT2D eigenvalue weighted by molar-refractivity contribution is 0.0993. The van der Waals surface area contributed by atoms with Crippen molar-refractivity contribution in [1.82, 2.24) is 0 Å². The van der Waals surface area contributed by atoms with E-state index in [0.717, 1.165) is 5.75 Å². The maximum atomic E-state index is 12.5. The summed E-state index contributed by atoms with van der Waals surface area (Å²) in [4.78, 5) is 13.9. The molecule has 4 heteroatoms. The molecule has 0 aliphatic carbocycles. The summed E-state index contributed by atoms with van der Waals surface area (Å²) >= 11 is 0. The Bertz CT molecular complexity index is 672. The predicted molar refractivity (Wildman–Crippen MR) is 81.5 cm³/mol. The molecule has 2 aromatic carbocycles.